The number of nitriles is 1. The van der Waals surface area contributed by atoms with Gasteiger partial charge in [-0.2, -0.15) is 5.26 Å². The van der Waals surface area contributed by atoms with Crippen molar-refractivity contribution in [2.75, 3.05) is 7.11 Å². The summed E-state index contributed by atoms with van der Waals surface area (Å²) in [6, 6.07) is 4.63. The van der Waals surface area contributed by atoms with Crippen LogP contribution in [-0.2, 0) is 9.53 Å². The number of allylic oxidation sites excluding steroid dienone is 1. The number of nitrogens with zero attached hydrogens (tertiary/aromatic N) is 1. The fourth-order valence-corrected chi connectivity index (χ4v) is 1.02. The van der Waals surface area contributed by atoms with Gasteiger partial charge >= 0.3 is 5.97 Å². The Balaban J connectivity index is 3.16. The lowest BCUT2D eigenvalue weighted by Crippen LogP contribution is -1.97. The first-order valence-corrected chi connectivity index (χ1v) is 4.23. The Morgan fingerprint density at radius 1 is 1.44 bits per heavy atom. The van der Waals surface area contributed by atoms with Gasteiger partial charge in [-0.15, -0.1) is 0 Å². The molecule has 0 saturated carbocycles. The third-order valence-electron chi connectivity index (χ3n) is 1.81. The highest BCUT2D eigenvalue weighted by Gasteiger charge is 2.08. The zero-order valence-corrected chi connectivity index (χ0v) is 8.33. The first-order chi connectivity index (χ1) is 7.58. The molecule has 0 amide bonds. The molecule has 3 nitrogen and oxygen atoms in total. The van der Waals surface area contributed by atoms with Crippen LogP contribution in [0.3, 0.4) is 0 Å². The maximum atomic E-state index is 12.9. The molecule has 16 heavy (non-hydrogen) atoms. The summed E-state index contributed by atoms with van der Waals surface area (Å²) >= 11 is 0. The van der Waals surface area contributed by atoms with E-state index in [2.05, 4.69) is 4.74 Å². The van der Waals surface area contributed by atoms with E-state index in [1.807, 2.05) is 0 Å². The van der Waals surface area contributed by atoms with Crippen LogP contribution in [0.4, 0.5) is 8.78 Å². The lowest BCUT2D eigenvalue weighted by Gasteiger charge is -1.99. The van der Waals surface area contributed by atoms with Crippen molar-refractivity contribution in [3.05, 3.63) is 41.5 Å². The predicted molar refractivity (Wildman–Crippen MR) is 52.0 cm³/mol. The van der Waals surface area contributed by atoms with Crippen molar-refractivity contribution < 1.29 is 18.3 Å². The molecule has 0 N–H and O–H groups in total. The van der Waals surface area contributed by atoms with Crippen molar-refractivity contribution in [1.82, 2.24) is 0 Å². The molecule has 5 heteroatoms. The molecule has 82 valence electrons. The molecule has 1 aromatic carbocycles. The molecule has 1 aromatic rings. The molecular formula is C11H7F2NO2. The Kier molecular flexibility index (Phi) is 3.72. The van der Waals surface area contributed by atoms with E-state index in [-0.39, 0.29) is 11.1 Å². The van der Waals surface area contributed by atoms with Crippen molar-refractivity contribution in [1.29, 1.82) is 5.26 Å². The smallest absolute Gasteiger partial charge is 0.331 e. The highest BCUT2D eigenvalue weighted by molar-refractivity contribution is 5.95. The number of hydrogen-bond acceptors (Lipinski definition) is 3. The molecule has 0 heterocycles. The molecule has 0 saturated heterocycles. The van der Waals surface area contributed by atoms with Gasteiger partial charge in [0.2, 0.25) is 0 Å². The normalized spacial score (nSPS) is 10.8. The van der Waals surface area contributed by atoms with E-state index in [1.165, 1.54) is 6.07 Å². The first-order valence-electron chi connectivity index (χ1n) is 4.23. The van der Waals surface area contributed by atoms with Gasteiger partial charge < -0.3 is 4.74 Å². The van der Waals surface area contributed by atoms with Crippen LogP contribution >= 0.6 is 0 Å². The fraction of sp³-hybridized carbons (Fsp3) is 0.0909. The molecule has 0 aliphatic carbocycles. The molecule has 0 fully saturated rings. The lowest BCUT2D eigenvalue weighted by atomic mass is 10.1. The summed E-state index contributed by atoms with van der Waals surface area (Å²) in [7, 11) is 1.15. The van der Waals surface area contributed by atoms with Crippen molar-refractivity contribution in [2.45, 2.75) is 0 Å². The summed E-state index contributed by atoms with van der Waals surface area (Å²) in [4.78, 5) is 10.9. The molecule has 0 spiro atoms. The minimum absolute atomic E-state index is 0.0919. The van der Waals surface area contributed by atoms with Crippen molar-refractivity contribution in [2.24, 2.45) is 0 Å². The van der Waals surface area contributed by atoms with Crippen molar-refractivity contribution >= 4 is 11.5 Å². The third-order valence-corrected chi connectivity index (χ3v) is 1.81. The SMILES string of the molecule is COC(=O)/C=C(\C#N)c1ccc(F)c(F)c1. The number of methoxy groups -OCH3 is 1. The van der Waals surface area contributed by atoms with Crippen LogP contribution < -0.4 is 0 Å². The average molecular weight is 223 g/mol. The van der Waals surface area contributed by atoms with Crippen LogP contribution in [0.2, 0.25) is 0 Å². The second kappa shape index (κ2) is 5.03. The summed E-state index contributed by atoms with van der Waals surface area (Å²) in [5, 5.41) is 8.74. The van der Waals surface area contributed by atoms with Gasteiger partial charge in [0, 0.05) is 6.08 Å². The van der Waals surface area contributed by atoms with Crippen LogP contribution in [0, 0.1) is 23.0 Å². The summed E-state index contributed by atoms with van der Waals surface area (Å²) in [6.07, 6.45) is 0.909. The second-order valence-electron chi connectivity index (χ2n) is 2.82. The number of hydrogen-bond donors (Lipinski definition) is 0. The summed E-state index contributed by atoms with van der Waals surface area (Å²) in [5.74, 6) is -2.83. The fourth-order valence-electron chi connectivity index (χ4n) is 1.02. The van der Waals surface area contributed by atoms with Crippen LogP contribution in [0.25, 0.3) is 5.57 Å². The second-order valence-corrected chi connectivity index (χ2v) is 2.82. The van der Waals surface area contributed by atoms with Gasteiger partial charge in [-0.1, -0.05) is 6.07 Å². The Morgan fingerprint density at radius 3 is 2.62 bits per heavy atom. The minimum Gasteiger partial charge on any atom is -0.466 e. The Labute approximate surface area is 90.6 Å². The van der Waals surface area contributed by atoms with Crippen LogP contribution in [0.15, 0.2) is 24.3 Å². The molecule has 1 rings (SSSR count). The molecule has 0 bridgehead atoms. The summed E-state index contributed by atoms with van der Waals surface area (Å²) in [6.45, 7) is 0. The summed E-state index contributed by atoms with van der Waals surface area (Å²) < 4.78 is 29.8. The Hall–Kier alpha value is -2.22. The van der Waals surface area contributed by atoms with E-state index in [1.54, 1.807) is 6.07 Å². The van der Waals surface area contributed by atoms with E-state index >= 15 is 0 Å². The standard InChI is InChI=1S/C11H7F2NO2/c1-16-11(15)5-8(6-14)7-2-3-9(12)10(13)4-7/h2-5H,1H3/b8-5+. The number of esters is 1. The zero-order valence-electron chi connectivity index (χ0n) is 8.33. The number of carbonyl (C=O) groups is 1. The van der Waals surface area contributed by atoms with Crippen molar-refractivity contribution in [3.8, 4) is 6.07 Å². The zero-order chi connectivity index (χ0) is 12.1. The van der Waals surface area contributed by atoms with Gasteiger partial charge in [0.25, 0.3) is 0 Å². The van der Waals surface area contributed by atoms with Gasteiger partial charge in [-0.3, -0.25) is 0 Å². The number of rotatable bonds is 2. The average Bonchev–Trinajstić information content (AvgIpc) is 2.29. The molecule has 0 aromatic heterocycles. The molecule has 0 atom stereocenters. The van der Waals surface area contributed by atoms with Gasteiger partial charge in [0.15, 0.2) is 11.6 Å². The van der Waals surface area contributed by atoms with E-state index in [0.29, 0.717) is 0 Å². The number of carbonyl (C=O) groups excluding carboxylic acids is 1. The van der Waals surface area contributed by atoms with Crippen LogP contribution in [0.5, 0.6) is 0 Å². The molecule has 0 aliphatic heterocycles. The lowest BCUT2D eigenvalue weighted by molar-refractivity contribution is -0.134. The Morgan fingerprint density at radius 2 is 2.12 bits per heavy atom. The maximum Gasteiger partial charge on any atom is 0.331 e. The van der Waals surface area contributed by atoms with Crippen LogP contribution in [-0.4, -0.2) is 13.1 Å². The first kappa shape index (κ1) is 11.9. The van der Waals surface area contributed by atoms with Crippen LogP contribution in [0.1, 0.15) is 5.56 Å². The van der Waals surface area contributed by atoms with Gasteiger partial charge in [0.05, 0.1) is 12.7 Å². The quantitative estimate of drug-likeness (QED) is 0.438. The number of ether oxygens (including phenoxy) is 1. The maximum absolute atomic E-state index is 12.9. The van der Waals surface area contributed by atoms with Gasteiger partial charge in [-0.05, 0) is 17.7 Å². The predicted octanol–water partition coefficient (Wildman–Crippen LogP) is 2.04. The number of halogens is 2. The summed E-state index contributed by atoms with van der Waals surface area (Å²) in [5.41, 5.74) is 0.0255. The molecular weight excluding hydrogens is 216 g/mol. The molecule has 0 unspecified atom stereocenters. The van der Waals surface area contributed by atoms with E-state index < -0.39 is 17.6 Å². The van der Waals surface area contributed by atoms with E-state index in [4.69, 9.17) is 5.26 Å². The molecule has 0 aliphatic rings. The van der Waals surface area contributed by atoms with E-state index in [0.717, 1.165) is 25.3 Å². The monoisotopic (exact) mass is 223 g/mol. The van der Waals surface area contributed by atoms with Gasteiger partial charge in [-0.25, -0.2) is 13.6 Å². The number of benzene rings is 1. The molecule has 0 radical (unpaired) electrons. The Bertz CT molecular complexity index is 489. The van der Waals surface area contributed by atoms with Gasteiger partial charge in [0.1, 0.15) is 6.07 Å². The van der Waals surface area contributed by atoms with Crippen molar-refractivity contribution in [3.63, 3.8) is 0 Å². The highest BCUT2D eigenvalue weighted by atomic mass is 19.2. The third kappa shape index (κ3) is 2.64. The highest BCUT2D eigenvalue weighted by Crippen LogP contribution is 2.16. The minimum atomic E-state index is -1.08. The van der Waals surface area contributed by atoms with E-state index in [9.17, 15) is 13.6 Å². The topological polar surface area (TPSA) is 50.1 Å². The largest absolute Gasteiger partial charge is 0.466 e.